The molecule has 2 aliphatic rings. The molecule has 2 N–H and O–H groups in total. The number of aromatic amines is 1. The van der Waals surface area contributed by atoms with Crippen molar-refractivity contribution < 1.29 is 9.18 Å². The number of carbonyl (C=O) groups is 1. The van der Waals surface area contributed by atoms with Crippen LogP contribution in [-0.2, 0) is 5.41 Å². The van der Waals surface area contributed by atoms with Gasteiger partial charge in [-0.15, -0.1) is 0 Å². The Hall–Kier alpha value is -2.82. The molecular formula is C28H34FN3O. The van der Waals surface area contributed by atoms with E-state index in [1.165, 1.54) is 24.5 Å². The highest BCUT2D eigenvalue weighted by atomic mass is 19.1. The van der Waals surface area contributed by atoms with Crippen LogP contribution >= 0.6 is 0 Å². The van der Waals surface area contributed by atoms with Crippen LogP contribution in [0.15, 0.2) is 54.7 Å². The Bertz CT molecular complexity index is 1100. The number of nitrogens with zero attached hydrogens (tertiary/aromatic N) is 1. The van der Waals surface area contributed by atoms with E-state index in [1.54, 1.807) is 12.1 Å². The van der Waals surface area contributed by atoms with Gasteiger partial charge in [-0.3, -0.25) is 0 Å². The number of halogens is 1. The number of urea groups is 1. The van der Waals surface area contributed by atoms with Crippen molar-refractivity contribution in [1.82, 2.24) is 15.2 Å². The third-order valence-electron chi connectivity index (χ3n) is 8.05. The van der Waals surface area contributed by atoms with Crippen molar-refractivity contribution in [3.05, 3.63) is 71.7 Å². The topological polar surface area (TPSA) is 48.1 Å². The van der Waals surface area contributed by atoms with Crippen LogP contribution in [-0.4, -0.2) is 35.5 Å². The number of amides is 2. The van der Waals surface area contributed by atoms with Gasteiger partial charge in [0.05, 0.1) is 0 Å². The fourth-order valence-electron chi connectivity index (χ4n) is 5.86. The van der Waals surface area contributed by atoms with Gasteiger partial charge in [0.25, 0.3) is 0 Å². The van der Waals surface area contributed by atoms with Gasteiger partial charge < -0.3 is 15.2 Å². The van der Waals surface area contributed by atoms with Gasteiger partial charge in [-0.1, -0.05) is 37.3 Å². The predicted molar refractivity (Wildman–Crippen MR) is 131 cm³/mol. The van der Waals surface area contributed by atoms with Crippen LogP contribution < -0.4 is 5.32 Å². The first kappa shape index (κ1) is 22.0. The smallest absolute Gasteiger partial charge is 0.317 e. The van der Waals surface area contributed by atoms with E-state index in [0.717, 1.165) is 55.2 Å². The minimum Gasteiger partial charge on any atom is -0.361 e. The van der Waals surface area contributed by atoms with Crippen molar-refractivity contribution in [3.8, 4) is 0 Å². The lowest BCUT2D eigenvalue weighted by atomic mass is 9.68. The highest BCUT2D eigenvalue weighted by molar-refractivity contribution is 5.84. The summed E-state index contributed by atoms with van der Waals surface area (Å²) in [5.41, 5.74) is 3.76. The first-order valence-corrected chi connectivity index (χ1v) is 12.4. The van der Waals surface area contributed by atoms with E-state index in [1.807, 2.05) is 11.1 Å². The SMILES string of the molecule is CC1(c2ccccc2)CCC(CNC(=O)N2CCCC(c3c[nH]c4ccc(F)cc34)C2)CC1. The summed E-state index contributed by atoms with van der Waals surface area (Å²) in [7, 11) is 0. The summed E-state index contributed by atoms with van der Waals surface area (Å²) >= 11 is 0. The molecule has 1 saturated carbocycles. The Kier molecular flexibility index (Phi) is 6.13. The molecule has 1 aliphatic heterocycles. The van der Waals surface area contributed by atoms with Gasteiger partial charge in [0, 0.05) is 42.7 Å². The monoisotopic (exact) mass is 447 g/mol. The second kappa shape index (κ2) is 9.20. The summed E-state index contributed by atoms with van der Waals surface area (Å²) < 4.78 is 13.8. The van der Waals surface area contributed by atoms with Crippen LogP contribution in [0, 0.1) is 11.7 Å². The van der Waals surface area contributed by atoms with Crippen LogP contribution in [0.25, 0.3) is 10.9 Å². The molecule has 2 aromatic carbocycles. The summed E-state index contributed by atoms with van der Waals surface area (Å²) in [5, 5.41) is 4.16. The number of likely N-dealkylation sites (tertiary alicyclic amines) is 1. The molecule has 1 aliphatic carbocycles. The van der Waals surface area contributed by atoms with E-state index < -0.39 is 0 Å². The molecule has 1 unspecified atom stereocenters. The summed E-state index contributed by atoms with van der Waals surface area (Å²) in [6.07, 6.45) is 8.61. The molecular weight excluding hydrogens is 413 g/mol. The van der Waals surface area contributed by atoms with E-state index >= 15 is 0 Å². The zero-order chi connectivity index (χ0) is 22.8. The number of carbonyl (C=O) groups excluding carboxylic acids is 1. The molecule has 33 heavy (non-hydrogen) atoms. The predicted octanol–water partition coefficient (Wildman–Crippen LogP) is 6.34. The molecule has 1 saturated heterocycles. The Morgan fingerprint density at radius 2 is 1.94 bits per heavy atom. The van der Waals surface area contributed by atoms with Crippen LogP contribution in [0.1, 0.15) is 62.5 Å². The van der Waals surface area contributed by atoms with E-state index in [9.17, 15) is 9.18 Å². The maximum Gasteiger partial charge on any atom is 0.317 e. The van der Waals surface area contributed by atoms with Gasteiger partial charge in [-0.05, 0) is 79.2 Å². The lowest BCUT2D eigenvalue weighted by Gasteiger charge is -2.38. The van der Waals surface area contributed by atoms with Crippen molar-refractivity contribution in [3.63, 3.8) is 0 Å². The minimum absolute atomic E-state index is 0.0436. The number of hydrogen-bond donors (Lipinski definition) is 2. The fourth-order valence-corrected chi connectivity index (χ4v) is 5.86. The van der Waals surface area contributed by atoms with E-state index in [0.29, 0.717) is 12.5 Å². The Morgan fingerprint density at radius 3 is 2.73 bits per heavy atom. The average Bonchev–Trinajstić information content (AvgIpc) is 3.27. The number of piperidine rings is 1. The number of nitrogens with one attached hydrogen (secondary N) is 2. The summed E-state index contributed by atoms with van der Waals surface area (Å²) in [5.74, 6) is 0.564. The fraction of sp³-hybridized carbons (Fsp3) is 0.464. The second-order valence-electron chi connectivity index (χ2n) is 10.3. The van der Waals surface area contributed by atoms with Crippen LogP contribution in [0.3, 0.4) is 0 Å². The average molecular weight is 448 g/mol. The number of aromatic nitrogens is 1. The Labute approximate surface area is 195 Å². The van der Waals surface area contributed by atoms with Crippen LogP contribution in [0.5, 0.6) is 0 Å². The summed E-state index contributed by atoms with van der Waals surface area (Å²) in [4.78, 5) is 18.2. The number of hydrogen-bond acceptors (Lipinski definition) is 1. The van der Waals surface area contributed by atoms with Crippen molar-refractivity contribution in [2.45, 2.75) is 56.8 Å². The molecule has 4 nitrogen and oxygen atoms in total. The number of benzene rings is 2. The zero-order valence-corrected chi connectivity index (χ0v) is 19.4. The summed E-state index contributed by atoms with van der Waals surface area (Å²) in [6.45, 7) is 4.60. The van der Waals surface area contributed by atoms with E-state index in [2.05, 4.69) is 47.6 Å². The maximum atomic E-state index is 13.8. The largest absolute Gasteiger partial charge is 0.361 e. The van der Waals surface area contributed by atoms with E-state index in [-0.39, 0.29) is 23.2 Å². The molecule has 3 aromatic rings. The van der Waals surface area contributed by atoms with Crippen molar-refractivity contribution in [2.24, 2.45) is 5.92 Å². The zero-order valence-electron chi connectivity index (χ0n) is 19.4. The van der Waals surface area contributed by atoms with Gasteiger partial charge >= 0.3 is 6.03 Å². The molecule has 1 atom stereocenters. The van der Waals surface area contributed by atoms with Crippen molar-refractivity contribution in [2.75, 3.05) is 19.6 Å². The van der Waals surface area contributed by atoms with Gasteiger partial charge in [-0.2, -0.15) is 0 Å². The van der Waals surface area contributed by atoms with Crippen LogP contribution in [0.4, 0.5) is 9.18 Å². The molecule has 0 bridgehead atoms. The maximum absolute atomic E-state index is 13.8. The highest BCUT2D eigenvalue weighted by Gasteiger charge is 2.33. The quantitative estimate of drug-likeness (QED) is 0.481. The first-order valence-electron chi connectivity index (χ1n) is 12.4. The highest BCUT2D eigenvalue weighted by Crippen LogP contribution is 2.41. The van der Waals surface area contributed by atoms with Gasteiger partial charge in [0.2, 0.25) is 0 Å². The van der Waals surface area contributed by atoms with Gasteiger partial charge in [0.15, 0.2) is 0 Å². The normalized spacial score (nSPS) is 25.8. The van der Waals surface area contributed by atoms with Gasteiger partial charge in [0.1, 0.15) is 5.82 Å². The van der Waals surface area contributed by atoms with Crippen LogP contribution in [0.2, 0.25) is 0 Å². The molecule has 5 heteroatoms. The lowest BCUT2D eigenvalue weighted by molar-refractivity contribution is 0.174. The third-order valence-corrected chi connectivity index (χ3v) is 8.05. The standard InChI is InChI=1S/C28H34FN3O/c1-28(22-7-3-2-4-8-22)13-11-20(12-14-28)17-31-27(33)32-15-5-6-21(19-32)25-18-30-26-10-9-23(29)16-24(25)26/h2-4,7-10,16,18,20-21,30H,5-6,11-15,17,19H2,1H3,(H,31,33). The molecule has 2 fully saturated rings. The molecule has 5 rings (SSSR count). The second-order valence-corrected chi connectivity index (χ2v) is 10.3. The molecule has 0 radical (unpaired) electrons. The Balaban J connectivity index is 1.15. The molecule has 2 heterocycles. The third kappa shape index (κ3) is 4.64. The number of rotatable bonds is 4. The molecule has 174 valence electrons. The molecule has 2 amide bonds. The van der Waals surface area contributed by atoms with Crippen molar-refractivity contribution >= 4 is 16.9 Å². The summed E-state index contributed by atoms with van der Waals surface area (Å²) in [6, 6.07) is 15.8. The minimum atomic E-state index is -0.218. The lowest BCUT2D eigenvalue weighted by Crippen LogP contribution is -2.46. The first-order chi connectivity index (χ1) is 16.0. The number of fused-ring (bicyclic) bond motifs is 1. The molecule has 1 aromatic heterocycles. The van der Waals surface area contributed by atoms with E-state index in [4.69, 9.17) is 0 Å². The van der Waals surface area contributed by atoms with Crippen molar-refractivity contribution in [1.29, 1.82) is 0 Å². The number of H-pyrrole nitrogens is 1. The Morgan fingerprint density at radius 1 is 1.15 bits per heavy atom. The van der Waals surface area contributed by atoms with Gasteiger partial charge in [-0.25, -0.2) is 9.18 Å². The molecule has 0 spiro atoms.